The van der Waals surface area contributed by atoms with Gasteiger partial charge in [0.15, 0.2) is 17.2 Å². The van der Waals surface area contributed by atoms with Crippen LogP contribution in [0, 0.1) is 0 Å². The molecular weight excluding hydrogens is 392 g/mol. The highest BCUT2D eigenvalue weighted by Crippen LogP contribution is 2.34. The number of anilines is 2. The van der Waals surface area contributed by atoms with E-state index in [-0.39, 0.29) is 12.5 Å². The average molecular weight is 411 g/mol. The van der Waals surface area contributed by atoms with Crippen LogP contribution in [0.25, 0.3) is 0 Å². The molecule has 0 atom stereocenters. The number of carbonyl (C=O) groups excluding carboxylic acids is 1. The Morgan fingerprint density at radius 1 is 0.931 bits per heavy atom. The van der Waals surface area contributed by atoms with Crippen LogP contribution in [0.15, 0.2) is 66.7 Å². The molecule has 0 aromatic heterocycles. The second-order valence-electron chi connectivity index (χ2n) is 6.29. The normalized spacial score (nSPS) is 12.2. The SMILES string of the molecule is O=C(CNc1ccccc1Oc1ccccc1Cl)Nc1ccc2c(c1)OCCO2. The number of nitrogens with one attached hydrogen (secondary N) is 2. The van der Waals surface area contributed by atoms with Gasteiger partial charge in [-0.3, -0.25) is 4.79 Å². The van der Waals surface area contributed by atoms with Crippen molar-refractivity contribution in [3.8, 4) is 23.0 Å². The van der Waals surface area contributed by atoms with Gasteiger partial charge in [-0.25, -0.2) is 0 Å². The summed E-state index contributed by atoms with van der Waals surface area (Å²) in [6, 6.07) is 19.9. The van der Waals surface area contributed by atoms with Gasteiger partial charge in [0, 0.05) is 11.8 Å². The van der Waals surface area contributed by atoms with Gasteiger partial charge in [0.2, 0.25) is 5.91 Å². The Labute approximate surface area is 173 Å². The van der Waals surface area contributed by atoms with Gasteiger partial charge in [0.25, 0.3) is 0 Å². The summed E-state index contributed by atoms with van der Waals surface area (Å²) in [5, 5.41) is 6.45. The lowest BCUT2D eigenvalue weighted by atomic mass is 10.2. The Kier molecular flexibility index (Phi) is 5.72. The number of benzene rings is 3. The molecule has 0 unspecified atom stereocenters. The molecule has 0 saturated heterocycles. The predicted octanol–water partition coefficient (Wildman–Crippen LogP) is 4.95. The Morgan fingerprint density at radius 3 is 2.48 bits per heavy atom. The molecule has 0 radical (unpaired) electrons. The highest BCUT2D eigenvalue weighted by atomic mass is 35.5. The van der Waals surface area contributed by atoms with Crippen molar-refractivity contribution >= 4 is 28.9 Å². The molecule has 6 nitrogen and oxygen atoms in total. The zero-order chi connectivity index (χ0) is 20.1. The van der Waals surface area contributed by atoms with Crippen molar-refractivity contribution in [2.24, 2.45) is 0 Å². The summed E-state index contributed by atoms with van der Waals surface area (Å²) >= 11 is 6.17. The standard InChI is InChI=1S/C22H19ClN2O4/c23-16-5-1-3-7-18(16)29-19-8-4-2-6-17(19)24-14-22(26)25-15-9-10-20-21(13-15)28-12-11-27-20/h1-10,13,24H,11-12,14H2,(H,25,26). The fraction of sp³-hybridized carbons (Fsp3) is 0.136. The summed E-state index contributed by atoms with van der Waals surface area (Å²) in [4.78, 5) is 12.4. The monoisotopic (exact) mass is 410 g/mol. The maximum Gasteiger partial charge on any atom is 0.243 e. The van der Waals surface area contributed by atoms with Crippen molar-refractivity contribution in [2.45, 2.75) is 0 Å². The Morgan fingerprint density at radius 2 is 1.66 bits per heavy atom. The first-order chi connectivity index (χ1) is 14.2. The first-order valence-corrected chi connectivity index (χ1v) is 9.51. The summed E-state index contributed by atoms with van der Waals surface area (Å²) < 4.78 is 16.9. The average Bonchev–Trinajstić information content (AvgIpc) is 2.75. The van der Waals surface area contributed by atoms with E-state index in [4.69, 9.17) is 25.8 Å². The highest BCUT2D eigenvalue weighted by Gasteiger charge is 2.13. The minimum atomic E-state index is -0.200. The van der Waals surface area contributed by atoms with Gasteiger partial charge in [-0.05, 0) is 36.4 Å². The van der Waals surface area contributed by atoms with E-state index in [1.54, 1.807) is 30.3 Å². The van der Waals surface area contributed by atoms with E-state index < -0.39 is 0 Å². The van der Waals surface area contributed by atoms with Crippen molar-refractivity contribution < 1.29 is 19.0 Å². The van der Waals surface area contributed by atoms with E-state index in [1.165, 1.54) is 0 Å². The van der Waals surface area contributed by atoms with E-state index >= 15 is 0 Å². The molecule has 1 heterocycles. The Hall–Kier alpha value is -3.38. The van der Waals surface area contributed by atoms with E-state index in [9.17, 15) is 4.79 Å². The Balaban J connectivity index is 1.39. The molecule has 0 bridgehead atoms. The number of ether oxygens (including phenoxy) is 3. The summed E-state index contributed by atoms with van der Waals surface area (Å²) in [5.41, 5.74) is 1.33. The van der Waals surface area contributed by atoms with Gasteiger partial charge in [-0.2, -0.15) is 0 Å². The topological polar surface area (TPSA) is 68.8 Å². The van der Waals surface area contributed by atoms with Crippen LogP contribution < -0.4 is 24.8 Å². The number of para-hydroxylation sites is 3. The van der Waals surface area contributed by atoms with Crippen LogP contribution in [0.5, 0.6) is 23.0 Å². The van der Waals surface area contributed by atoms with Gasteiger partial charge in [-0.15, -0.1) is 0 Å². The molecule has 0 saturated carbocycles. The first-order valence-electron chi connectivity index (χ1n) is 9.14. The van der Waals surface area contributed by atoms with Crippen LogP contribution in [0.2, 0.25) is 5.02 Å². The smallest absolute Gasteiger partial charge is 0.243 e. The van der Waals surface area contributed by atoms with Crippen LogP contribution in [-0.4, -0.2) is 25.7 Å². The third-order valence-corrected chi connectivity index (χ3v) is 4.52. The molecule has 1 amide bonds. The van der Waals surface area contributed by atoms with Gasteiger partial charge in [-0.1, -0.05) is 35.9 Å². The van der Waals surface area contributed by atoms with Crippen LogP contribution in [-0.2, 0) is 4.79 Å². The third-order valence-electron chi connectivity index (χ3n) is 4.21. The number of rotatable bonds is 6. The van der Waals surface area contributed by atoms with Crippen LogP contribution in [0.1, 0.15) is 0 Å². The summed E-state index contributed by atoms with van der Waals surface area (Å²) in [6.07, 6.45) is 0. The van der Waals surface area contributed by atoms with Crippen molar-refractivity contribution in [3.63, 3.8) is 0 Å². The van der Waals surface area contributed by atoms with Crippen LogP contribution in [0.4, 0.5) is 11.4 Å². The predicted molar refractivity (Wildman–Crippen MR) is 113 cm³/mol. The van der Waals surface area contributed by atoms with E-state index in [0.29, 0.717) is 52.6 Å². The molecule has 0 aliphatic carbocycles. The molecule has 3 aromatic rings. The van der Waals surface area contributed by atoms with Crippen LogP contribution in [0.3, 0.4) is 0 Å². The number of fused-ring (bicyclic) bond motifs is 1. The molecular formula is C22H19ClN2O4. The van der Waals surface area contributed by atoms with Gasteiger partial charge >= 0.3 is 0 Å². The number of hydrogen-bond acceptors (Lipinski definition) is 5. The fourth-order valence-electron chi connectivity index (χ4n) is 2.85. The number of halogens is 1. The fourth-order valence-corrected chi connectivity index (χ4v) is 3.02. The molecule has 7 heteroatoms. The molecule has 4 rings (SSSR count). The quantitative estimate of drug-likeness (QED) is 0.601. The third kappa shape index (κ3) is 4.73. The van der Waals surface area contributed by atoms with Gasteiger partial charge < -0.3 is 24.8 Å². The number of carbonyl (C=O) groups is 1. The van der Waals surface area contributed by atoms with Crippen molar-refractivity contribution in [3.05, 3.63) is 71.8 Å². The van der Waals surface area contributed by atoms with Crippen molar-refractivity contribution in [1.82, 2.24) is 0 Å². The second-order valence-corrected chi connectivity index (χ2v) is 6.70. The molecule has 1 aliphatic rings. The van der Waals surface area contributed by atoms with Gasteiger partial charge in [0.1, 0.15) is 19.0 Å². The number of amides is 1. The van der Waals surface area contributed by atoms with Crippen molar-refractivity contribution in [1.29, 1.82) is 0 Å². The number of hydrogen-bond donors (Lipinski definition) is 2. The van der Waals surface area contributed by atoms with Crippen molar-refractivity contribution in [2.75, 3.05) is 30.4 Å². The molecule has 148 valence electrons. The maximum absolute atomic E-state index is 12.4. The van der Waals surface area contributed by atoms with E-state index in [0.717, 1.165) is 0 Å². The molecule has 1 aliphatic heterocycles. The molecule has 29 heavy (non-hydrogen) atoms. The highest BCUT2D eigenvalue weighted by molar-refractivity contribution is 6.32. The largest absolute Gasteiger partial charge is 0.486 e. The zero-order valence-corrected chi connectivity index (χ0v) is 16.2. The lowest BCUT2D eigenvalue weighted by Crippen LogP contribution is -2.22. The minimum Gasteiger partial charge on any atom is -0.486 e. The lowest BCUT2D eigenvalue weighted by Gasteiger charge is -2.19. The molecule has 0 fully saturated rings. The summed E-state index contributed by atoms with van der Waals surface area (Å²) in [6.45, 7) is 1.09. The summed E-state index contributed by atoms with van der Waals surface area (Å²) in [5.74, 6) is 2.23. The Bertz CT molecular complexity index is 1030. The lowest BCUT2D eigenvalue weighted by molar-refractivity contribution is -0.114. The minimum absolute atomic E-state index is 0.0668. The summed E-state index contributed by atoms with van der Waals surface area (Å²) in [7, 11) is 0. The first kappa shape index (κ1) is 19.0. The van der Waals surface area contributed by atoms with E-state index in [2.05, 4.69) is 10.6 Å². The molecule has 2 N–H and O–H groups in total. The molecule has 3 aromatic carbocycles. The van der Waals surface area contributed by atoms with Crippen LogP contribution >= 0.6 is 11.6 Å². The van der Waals surface area contributed by atoms with E-state index in [1.807, 2.05) is 36.4 Å². The van der Waals surface area contributed by atoms with Gasteiger partial charge in [0.05, 0.1) is 17.3 Å². The maximum atomic E-state index is 12.4. The second kappa shape index (κ2) is 8.75. The molecule has 0 spiro atoms. The zero-order valence-electron chi connectivity index (χ0n) is 15.5.